The molecular weight excluding hydrogens is 218 g/mol. The Morgan fingerprint density at radius 3 is 2.81 bits per heavy atom. The zero-order valence-corrected chi connectivity index (χ0v) is 8.21. The number of aromatic nitrogens is 1. The van der Waals surface area contributed by atoms with Gasteiger partial charge < -0.3 is 25.6 Å². The van der Waals surface area contributed by atoms with Crippen LogP contribution < -0.4 is 5.32 Å². The van der Waals surface area contributed by atoms with Crippen LogP contribution in [0.3, 0.4) is 0 Å². The van der Waals surface area contributed by atoms with Crippen LogP contribution in [0.1, 0.15) is 10.5 Å². The number of rotatable bonds is 5. The molecule has 8 heteroatoms. The number of nitrogens with one attached hydrogen (secondary N) is 2. The fraction of sp³-hybridized carbons (Fsp3) is 0.375. The maximum atomic E-state index is 11.3. The summed E-state index contributed by atoms with van der Waals surface area (Å²) in [5.41, 5.74) is 0.0249. The first kappa shape index (κ1) is 12.1. The van der Waals surface area contributed by atoms with Crippen molar-refractivity contribution >= 4 is 11.7 Å². The van der Waals surface area contributed by atoms with Gasteiger partial charge in [0.05, 0.1) is 12.7 Å². The van der Waals surface area contributed by atoms with Gasteiger partial charge >= 0.3 is 5.82 Å². The van der Waals surface area contributed by atoms with Crippen molar-refractivity contribution in [2.75, 3.05) is 13.2 Å². The molecule has 1 rings (SSSR count). The zero-order chi connectivity index (χ0) is 12.1. The highest BCUT2D eigenvalue weighted by atomic mass is 16.6. The normalized spacial score (nSPS) is 12.1. The van der Waals surface area contributed by atoms with Crippen molar-refractivity contribution in [3.05, 3.63) is 27.9 Å². The first-order chi connectivity index (χ1) is 7.54. The molecule has 1 aromatic rings. The van der Waals surface area contributed by atoms with E-state index in [0.717, 1.165) is 6.07 Å². The summed E-state index contributed by atoms with van der Waals surface area (Å²) < 4.78 is 0. The number of aliphatic hydroxyl groups is 2. The summed E-state index contributed by atoms with van der Waals surface area (Å²) in [6, 6.07) is 2.43. The van der Waals surface area contributed by atoms with E-state index in [-0.39, 0.29) is 18.1 Å². The van der Waals surface area contributed by atoms with Gasteiger partial charge in [-0.15, -0.1) is 0 Å². The number of nitro groups is 1. The molecule has 8 nitrogen and oxygen atoms in total. The van der Waals surface area contributed by atoms with Gasteiger partial charge in [0.25, 0.3) is 5.91 Å². The van der Waals surface area contributed by atoms with E-state index in [2.05, 4.69) is 10.3 Å². The lowest BCUT2D eigenvalue weighted by Crippen LogP contribution is -2.34. The SMILES string of the molecule is O=C(NCC(O)CO)c1ccc([N+](=O)[O-])[nH]1. The number of hydrogen-bond donors (Lipinski definition) is 4. The van der Waals surface area contributed by atoms with Crippen LogP contribution in [0.4, 0.5) is 5.82 Å². The molecule has 1 atom stereocenters. The van der Waals surface area contributed by atoms with Gasteiger partial charge in [0, 0.05) is 12.6 Å². The molecule has 1 aromatic heterocycles. The van der Waals surface area contributed by atoms with Gasteiger partial charge in [0.1, 0.15) is 0 Å². The highest BCUT2D eigenvalue weighted by Gasteiger charge is 2.15. The molecular formula is C8H11N3O5. The van der Waals surface area contributed by atoms with Crippen LogP contribution in [0.5, 0.6) is 0 Å². The summed E-state index contributed by atoms with van der Waals surface area (Å²) in [5, 5.41) is 30.1. The number of carbonyl (C=O) groups excluding carboxylic acids is 1. The number of hydrogen-bond acceptors (Lipinski definition) is 5. The first-order valence-corrected chi connectivity index (χ1v) is 4.45. The third-order valence-corrected chi connectivity index (χ3v) is 1.82. The minimum atomic E-state index is -1.05. The fourth-order valence-corrected chi connectivity index (χ4v) is 0.993. The highest BCUT2D eigenvalue weighted by molar-refractivity contribution is 5.92. The molecule has 1 amide bonds. The van der Waals surface area contributed by atoms with Gasteiger partial charge in [0.2, 0.25) is 0 Å². The van der Waals surface area contributed by atoms with Crippen molar-refractivity contribution in [1.82, 2.24) is 10.3 Å². The van der Waals surface area contributed by atoms with Crippen molar-refractivity contribution < 1.29 is 19.9 Å². The van der Waals surface area contributed by atoms with Gasteiger partial charge in [-0.2, -0.15) is 0 Å². The third kappa shape index (κ3) is 3.04. The van der Waals surface area contributed by atoms with Crippen molar-refractivity contribution in [2.24, 2.45) is 0 Å². The molecule has 0 aliphatic heterocycles. The summed E-state index contributed by atoms with van der Waals surface area (Å²) in [5.74, 6) is -0.867. The lowest BCUT2D eigenvalue weighted by molar-refractivity contribution is -0.389. The van der Waals surface area contributed by atoms with E-state index in [1.54, 1.807) is 0 Å². The average molecular weight is 229 g/mol. The molecule has 1 unspecified atom stereocenters. The van der Waals surface area contributed by atoms with Crippen LogP contribution in [0, 0.1) is 10.1 Å². The Labute approximate surface area is 90.1 Å². The molecule has 16 heavy (non-hydrogen) atoms. The van der Waals surface area contributed by atoms with Gasteiger partial charge in [-0.05, 0) is 11.0 Å². The van der Waals surface area contributed by atoms with Crippen molar-refractivity contribution in [3.8, 4) is 0 Å². The van der Waals surface area contributed by atoms with Crippen molar-refractivity contribution in [2.45, 2.75) is 6.10 Å². The molecule has 0 aliphatic rings. The minimum Gasteiger partial charge on any atom is -0.394 e. The van der Waals surface area contributed by atoms with Gasteiger partial charge in [-0.3, -0.25) is 4.79 Å². The summed E-state index contributed by atoms with van der Waals surface area (Å²) in [4.78, 5) is 23.3. The predicted octanol–water partition coefficient (Wildman–Crippen LogP) is -0.994. The molecule has 88 valence electrons. The Morgan fingerprint density at radius 1 is 1.62 bits per heavy atom. The van der Waals surface area contributed by atoms with E-state index in [4.69, 9.17) is 10.2 Å². The minimum absolute atomic E-state index is 0.0249. The van der Waals surface area contributed by atoms with Crippen molar-refractivity contribution in [1.29, 1.82) is 0 Å². The van der Waals surface area contributed by atoms with Crippen LogP contribution >= 0.6 is 0 Å². The standard InChI is InChI=1S/C8H11N3O5/c12-4-5(13)3-9-8(14)6-1-2-7(10-6)11(15)16/h1-2,5,10,12-13H,3-4H2,(H,9,14). The molecule has 0 bridgehead atoms. The van der Waals surface area contributed by atoms with E-state index >= 15 is 0 Å². The fourth-order valence-electron chi connectivity index (χ4n) is 0.993. The molecule has 0 aliphatic carbocycles. The topological polar surface area (TPSA) is 128 Å². The summed E-state index contributed by atoms with van der Waals surface area (Å²) in [6.45, 7) is -0.590. The Hall–Kier alpha value is -1.93. The van der Waals surface area contributed by atoms with Crippen LogP contribution in [-0.2, 0) is 0 Å². The van der Waals surface area contributed by atoms with Gasteiger partial charge in [0.15, 0.2) is 5.69 Å². The van der Waals surface area contributed by atoms with E-state index in [9.17, 15) is 14.9 Å². The molecule has 0 saturated heterocycles. The lowest BCUT2D eigenvalue weighted by Gasteiger charge is -2.06. The molecule has 0 saturated carbocycles. The van der Waals surface area contributed by atoms with E-state index < -0.39 is 23.5 Å². The molecule has 0 fully saturated rings. The van der Waals surface area contributed by atoms with E-state index in [1.807, 2.05) is 0 Å². The van der Waals surface area contributed by atoms with E-state index in [0.29, 0.717) is 0 Å². The summed E-state index contributed by atoms with van der Waals surface area (Å²) >= 11 is 0. The van der Waals surface area contributed by atoms with Crippen LogP contribution in [0.2, 0.25) is 0 Å². The molecule has 0 aromatic carbocycles. The Kier molecular flexibility index (Phi) is 3.97. The number of carbonyl (C=O) groups is 1. The predicted molar refractivity (Wildman–Crippen MR) is 52.9 cm³/mol. The second-order valence-corrected chi connectivity index (χ2v) is 3.06. The maximum Gasteiger partial charge on any atom is 0.321 e. The smallest absolute Gasteiger partial charge is 0.321 e. The molecule has 4 N–H and O–H groups in total. The Bertz CT molecular complexity index is 389. The average Bonchev–Trinajstić information content (AvgIpc) is 2.74. The highest BCUT2D eigenvalue weighted by Crippen LogP contribution is 2.09. The van der Waals surface area contributed by atoms with Crippen molar-refractivity contribution in [3.63, 3.8) is 0 Å². The summed E-state index contributed by atoms with van der Waals surface area (Å²) in [6.07, 6.45) is -1.05. The number of aromatic amines is 1. The monoisotopic (exact) mass is 229 g/mol. The zero-order valence-electron chi connectivity index (χ0n) is 8.21. The third-order valence-electron chi connectivity index (χ3n) is 1.82. The lowest BCUT2D eigenvalue weighted by atomic mass is 10.3. The van der Waals surface area contributed by atoms with E-state index in [1.165, 1.54) is 6.07 Å². The Morgan fingerprint density at radius 2 is 2.31 bits per heavy atom. The molecule has 0 radical (unpaired) electrons. The molecule has 1 heterocycles. The quantitative estimate of drug-likeness (QED) is 0.380. The maximum absolute atomic E-state index is 11.3. The number of nitrogens with zero attached hydrogens (tertiary/aromatic N) is 1. The number of H-pyrrole nitrogens is 1. The molecule has 0 spiro atoms. The second-order valence-electron chi connectivity index (χ2n) is 3.06. The van der Waals surface area contributed by atoms with Crippen LogP contribution in [0.25, 0.3) is 0 Å². The largest absolute Gasteiger partial charge is 0.394 e. The van der Waals surface area contributed by atoms with Crippen LogP contribution in [0.15, 0.2) is 12.1 Å². The second kappa shape index (κ2) is 5.24. The van der Waals surface area contributed by atoms with Gasteiger partial charge in [-0.1, -0.05) is 0 Å². The first-order valence-electron chi connectivity index (χ1n) is 4.45. The Balaban J connectivity index is 2.56. The summed E-state index contributed by atoms with van der Waals surface area (Å²) in [7, 11) is 0. The number of amides is 1. The van der Waals surface area contributed by atoms with Crippen LogP contribution in [-0.4, -0.2) is 45.3 Å². The van der Waals surface area contributed by atoms with Gasteiger partial charge in [-0.25, -0.2) is 4.98 Å². The number of aliphatic hydroxyl groups excluding tert-OH is 2.